The number of nitrogens with zero attached hydrogens (tertiary/aromatic N) is 1. The Balaban J connectivity index is 2.39. The van der Waals surface area contributed by atoms with Crippen molar-refractivity contribution in [3.8, 4) is 0 Å². The van der Waals surface area contributed by atoms with E-state index >= 15 is 0 Å². The van der Waals surface area contributed by atoms with Gasteiger partial charge in [-0.3, -0.25) is 0 Å². The van der Waals surface area contributed by atoms with Crippen LogP contribution >= 0.6 is 23.4 Å². The van der Waals surface area contributed by atoms with Crippen LogP contribution in [0.25, 0.3) is 0 Å². The lowest BCUT2D eigenvalue weighted by Gasteiger charge is -2.37. The van der Waals surface area contributed by atoms with Crippen LogP contribution in [0.1, 0.15) is 12.5 Å². The fourth-order valence-corrected chi connectivity index (χ4v) is 5.42. The van der Waals surface area contributed by atoms with Crippen molar-refractivity contribution in [2.45, 2.75) is 18.8 Å². The van der Waals surface area contributed by atoms with Crippen LogP contribution in [0.15, 0.2) is 18.2 Å². The molecule has 0 saturated carbocycles. The summed E-state index contributed by atoms with van der Waals surface area (Å²) in [5.74, 6) is 1.53. The van der Waals surface area contributed by atoms with Gasteiger partial charge in [0.15, 0.2) is 9.84 Å². The average molecular weight is 349 g/mol. The molecule has 0 aromatic heterocycles. The van der Waals surface area contributed by atoms with Gasteiger partial charge in [-0.2, -0.15) is 11.8 Å². The van der Waals surface area contributed by atoms with Crippen LogP contribution in [0.4, 0.5) is 5.69 Å². The van der Waals surface area contributed by atoms with Crippen molar-refractivity contribution in [2.24, 2.45) is 0 Å². The van der Waals surface area contributed by atoms with E-state index in [0.717, 1.165) is 30.1 Å². The van der Waals surface area contributed by atoms with Gasteiger partial charge < -0.3 is 10.2 Å². The Kier molecular flexibility index (Phi) is 5.82. The first-order chi connectivity index (χ1) is 9.93. The fraction of sp³-hybridized carbons (Fsp3) is 0.571. The van der Waals surface area contributed by atoms with E-state index < -0.39 is 15.2 Å². The van der Waals surface area contributed by atoms with Crippen molar-refractivity contribution in [2.75, 3.05) is 35.8 Å². The Labute approximate surface area is 136 Å². The lowest BCUT2D eigenvalue weighted by atomic mass is 10.1. The minimum atomic E-state index is -3.13. The summed E-state index contributed by atoms with van der Waals surface area (Å²) >= 11 is 7.82. The van der Waals surface area contributed by atoms with E-state index in [-0.39, 0.29) is 0 Å². The molecule has 7 heteroatoms. The molecule has 1 heterocycles. The van der Waals surface area contributed by atoms with Gasteiger partial charge in [-0.1, -0.05) is 24.6 Å². The molecule has 1 aliphatic heterocycles. The zero-order chi connectivity index (χ0) is 15.5. The largest absolute Gasteiger partial charge is 0.353 e. The molecule has 1 atom stereocenters. The third-order valence-corrected chi connectivity index (χ3v) is 6.38. The zero-order valence-corrected chi connectivity index (χ0v) is 14.7. The van der Waals surface area contributed by atoms with E-state index in [4.69, 9.17) is 11.6 Å². The molecular formula is C14H21ClN2O2S2. The molecule has 0 amide bonds. The highest BCUT2D eigenvalue weighted by Gasteiger charge is 2.32. The number of anilines is 1. The first kappa shape index (κ1) is 16.9. The molecule has 0 radical (unpaired) electrons. The monoisotopic (exact) mass is 348 g/mol. The number of hydrogen-bond donors (Lipinski definition) is 1. The molecule has 2 rings (SSSR count). The summed E-state index contributed by atoms with van der Waals surface area (Å²) in [6.45, 7) is 4.35. The highest BCUT2D eigenvalue weighted by atomic mass is 35.5. The smallest absolute Gasteiger partial charge is 0.169 e. The molecule has 1 fully saturated rings. The van der Waals surface area contributed by atoms with Crippen molar-refractivity contribution in [3.05, 3.63) is 28.8 Å². The van der Waals surface area contributed by atoms with Crippen molar-refractivity contribution in [3.63, 3.8) is 0 Å². The SMILES string of the molecule is CCNCc1ccc(Cl)cc1N1CCSCC1S(C)(=O)=O. The molecule has 0 aliphatic carbocycles. The third kappa shape index (κ3) is 4.28. The van der Waals surface area contributed by atoms with E-state index in [0.29, 0.717) is 17.3 Å². The van der Waals surface area contributed by atoms with E-state index in [9.17, 15) is 8.42 Å². The Morgan fingerprint density at radius 2 is 2.24 bits per heavy atom. The van der Waals surface area contributed by atoms with Gasteiger partial charge in [-0.25, -0.2) is 8.42 Å². The summed E-state index contributed by atoms with van der Waals surface area (Å²) in [5, 5.41) is 3.45. The molecule has 118 valence electrons. The second kappa shape index (κ2) is 7.22. The topological polar surface area (TPSA) is 49.4 Å². The lowest BCUT2D eigenvalue weighted by Crippen LogP contribution is -2.47. The van der Waals surface area contributed by atoms with Crippen molar-refractivity contribution in [1.29, 1.82) is 0 Å². The zero-order valence-electron chi connectivity index (χ0n) is 12.3. The van der Waals surface area contributed by atoms with Gasteiger partial charge in [-0.05, 0) is 24.2 Å². The first-order valence-electron chi connectivity index (χ1n) is 6.96. The molecule has 0 bridgehead atoms. The molecule has 1 N–H and O–H groups in total. The molecule has 1 aliphatic rings. The van der Waals surface area contributed by atoms with Gasteiger partial charge in [0, 0.05) is 41.6 Å². The summed E-state index contributed by atoms with van der Waals surface area (Å²) in [4.78, 5) is 1.99. The van der Waals surface area contributed by atoms with Gasteiger partial charge in [0.05, 0.1) is 0 Å². The molecule has 21 heavy (non-hydrogen) atoms. The average Bonchev–Trinajstić information content (AvgIpc) is 2.45. The number of thioether (sulfide) groups is 1. The number of hydrogen-bond acceptors (Lipinski definition) is 5. The molecule has 1 unspecified atom stereocenters. The van der Waals surface area contributed by atoms with E-state index in [1.54, 1.807) is 11.8 Å². The maximum absolute atomic E-state index is 12.1. The van der Waals surface area contributed by atoms with Crippen LogP contribution < -0.4 is 10.2 Å². The third-order valence-electron chi connectivity index (χ3n) is 3.50. The van der Waals surface area contributed by atoms with Crippen LogP contribution in [0.3, 0.4) is 0 Å². The maximum Gasteiger partial charge on any atom is 0.169 e. The summed E-state index contributed by atoms with van der Waals surface area (Å²) in [7, 11) is -3.13. The Morgan fingerprint density at radius 3 is 2.90 bits per heavy atom. The van der Waals surface area contributed by atoms with Gasteiger partial charge in [0.2, 0.25) is 0 Å². The van der Waals surface area contributed by atoms with E-state index in [1.165, 1.54) is 6.26 Å². The van der Waals surface area contributed by atoms with Crippen LogP contribution in [-0.2, 0) is 16.4 Å². The summed E-state index contributed by atoms with van der Waals surface area (Å²) in [6.07, 6.45) is 1.31. The van der Waals surface area contributed by atoms with Crippen molar-refractivity contribution < 1.29 is 8.42 Å². The Morgan fingerprint density at radius 1 is 1.48 bits per heavy atom. The second-order valence-electron chi connectivity index (χ2n) is 5.11. The Bertz CT molecular complexity index is 593. The second-order valence-corrected chi connectivity index (χ2v) is 8.90. The molecule has 1 saturated heterocycles. The number of nitrogens with one attached hydrogen (secondary N) is 1. The Hall–Kier alpha value is -0.430. The van der Waals surface area contributed by atoms with Crippen LogP contribution in [0, 0.1) is 0 Å². The standard InChI is InChI=1S/C14H21ClN2O2S2/c1-3-16-9-11-4-5-12(15)8-13(11)17-6-7-20-10-14(17)21(2,18)19/h4-5,8,14,16H,3,6-7,9-10H2,1-2H3. The molecule has 4 nitrogen and oxygen atoms in total. The predicted octanol–water partition coefficient (Wildman–Crippen LogP) is 2.37. The van der Waals surface area contributed by atoms with E-state index in [2.05, 4.69) is 5.32 Å². The fourth-order valence-electron chi connectivity index (χ4n) is 2.42. The number of halogens is 1. The summed E-state index contributed by atoms with van der Waals surface area (Å²) < 4.78 is 24.2. The minimum Gasteiger partial charge on any atom is -0.353 e. The number of benzene rings is 1. The van der Waals surface area contributed by atoms with Gasteiger partial charge >= 0.3 is 0 Å². The lowest BCUT2D eigenvalue weighted by molar-refractivity contribution is 0.584. The minimum absolute atomic E-state index is 0.477. The predicted molar refractivity (Wildman–Crippen MR) is 92.1 cm³/mol. The highest BCUT2D eigenvalue weighted by Crippen LogP contribution is 2.31. The summed E-state index contributed by atoms with van der Waals surface area (Å²) in [5.41, 5.74) is 2.01. The van der Waals surface area contributed by atoms with Crippen LogP contribution in [0.2, 0.25) is 5.02 Å². The normalized spacial score (nSPS) is 19.8. The van der Waals surface area contributed by atoms with E-state index in [1.807, 2.05) is 30.0 Å². The number of rotatable bonds is 5. The van der Waals surface area contributed by atoms with Gasteiger partial charge in [0.1, 0.15) is 5.37 Å². The van der Waals surface area contributed by atoms with Crippen molar-refractivity contribution >= 4 is 38.9 Å². The quantitative estimate of drug-likeness (QED) is 0.885. The molecule has 0 spiro atoms. The highest BCUT2D eigenvalue weighted by molar-refractivity contribution is 8.01. The molecule has 1 aromatic carbocycles. The van der Waals surface area contributed by atoms with Crippen LogP contribution in [0.5, 0.6) is 0 Å². The first-order valence-corrected chi connectivity index (χ1v) is 10.4. The van der Waals surface area contributed by atoms with Gasteiger partial charge in [0.25, 0.3) is 0 Å². The number of sulfone groups is 1. The van der Waals surface area contributed by atoms with Crippen LogP contribution in [-0.4, -0.2) is 44.6 Å². The summed E-state index contributed by atoms with van der Waals surface area (Å²) in [6, 6.07) is 5.70. The maximum atomic E-state index is 12.1. The molecular weight excluding hydrogens is 328 g/mol. The van der Waals surface area contributed by atoms with Gasteiger partial charge in [-0.15, -0.1) is 0 Å². The van der Waals surface area contributed by atoms with Crippen molar-refractivity contribution in [1.82, 2.24) is 5.32 Å². The molecule has 1 aromatic rings.